The number of benzene rings is 10. The first-order valence-corrected chi connectivity index (χ1v) is 26.7. The summed E-state index contributed by atoms with van der Waals surface area (Å²) in [5.74, 6) is 0. The van der Waals surface area contributed by atoms with Crippen molar-refractivity contribution < 1.29 is 0 Å². The Kier molecular flexibility index (Phi) is 12.7. The quantitative estimate of drug-likeness (QED) is 0.139. The monoisotopic (exact) mass is 1090 g/mol. The van der Waals surface area contributed by atoms with Crippen molar-refractivity contribution in [2.45, 2.75) is 0 Å². The van der Waals surface area contributed by atoms with Crippen LogP contribution in [0.25, 0.3) is 122 Å². The van der Waals surface area contributed by atoms with Gasteiger partial charge in [0.2, 0.25) is 0 Å². The van der Waals surface area contributed by atoms with Gasteiger partial charge in [-0.1, -0.05) is 84.9 Å². The molecule has 0 spiro atoms. The number of aromatic nitrogens is 3. The molecular formula is C74H34N12. The lowest BCUT2D eigenvalue weighted by molar-refractivity contribution is 1.13. The third-order valence-corrected chi connectivity index (χ3v) is 15.4. The summed E-state index contributed by atoms with van der Waals surface area (Å²) in [5.41, 5.74) is 14.6. The SMILES string of the molecule is N#Cc1cc(C#N)cc(-c2ccc3c4ccc(-c5cc(C#N)cc(C#N)c5)cc4n(-c4cc(-c5cccc(-c6ccccc6)n5)c(-n5c6cc(-c7cc(C#N)cc(C#N)c7)ccc6c6ccc(-c7cc(C#N)cc(C#N)c7)cc65)cc4C#N)c3c2)c1. The van der Waals surface area contributed by atoms with Crippen molar-refractivity contribution >= 4 is 43.6 Å². The number of rotatable bonds is 8. The molecule has 0 amide bonds. The minimum atomic E-state index is 0.247. The first kappa shape index (κ1) is 51.8. The molecule has 0 fully saturated rings. The zero-order chi connectivity index (χ0) is 59.2. The molecule has 12 nitrogen and oxygen atoms in total. The van der Waals surface area contributed by atoms with Gasteiger partial charge in [0.25, 0.3) is 0 Å². The first-order valence-electron chi connectivity index (χ1n) is 26.7. The molecule has 0 atom stereocenters. The van der Waals surface area contributed by atoms with Crippen LogP contribution in [0.3, 0.4) is 0 Å². The minimum absolute atomic E-state index is 0.247. The van der Waals surface area contributed by atoms with Gasteiger partial charge in [0.15, 0.2) is 0 Å². The minimum Gasteiger partial charge on any atom is -0.308 e. The Morgan fingerprint density at radius 1 is 0.244 bits per heavy atom. The van der Waals surface area contributed by atoms with E-state index in [9.17, 15) is 47.4 Å². The lowest BCUT2D eigenvalue weighted by Crippen LogP contribution is -2.05. The van der Waals surface area contributed by atoms with Crippen LogP contribution in [0.5, 0.6) is 0 Å². The molecule has 0 aliphatic carbocycles. The lowest BCUT2D eigenvalue weighted by atomic mass is 9.98. The van der Waals surface area contributed by atoms with Crippen molar-refractivity contribution in [2.24, 2.45) is 0 Å². The number of hydrogen-bond donors (Lipinski definition) is 0. The van der Waals surface area contributed by atoms with E-state index in [1.807, 2.05) is 138 Å². The fourth-order valence-corrected chi connectivity index (χ4v) is 11.6. The van der Waals surface area contributed by atoms with E-state index in [4.69, 9.17) is 4.98 Å². The molecule has 13 aromatic rings. The molecular weight excluding hydrogens is 1060 g/mol. The summed E-state index contributed by atoms with van der Waals surface area (Å²) in [6, 6.07) is 83.3. The molecule has 0 N–H and O–H groups in total. The van der Waals surface area contributed by atoms with Crippen molar-refractivity contribution in [1.29, 1.82) is 47.4 Å². The summed E-state index contributed by atoms with van der Waals surface area (Å²) in [5, 5.41) is 95.8. The molecule has 3 aromatic heterocycles. The molecule has 13 rings (SSSR count). The van der Waals surface area contributed by atoms with E-state index in [1.165, 1.54) is 12.1 Å². The molecule has 0 saturated heterocycles. The summed E-state index contributed by atoms with van der Waals surface area (Å²) < 4.78 is 4.11. The van der Waals surface area contributed by atoms with Crippen LogP contribution in [0.4, 0.5) is 0 Å². The molecule has 86 heavy (non-hydrogen) atoms. The van der Waals surface area contributed by atoms with E-state index in [0.29, 0.717) is 139 Å². The normalized spacial score (nSPS) is 10.7. The third-order valence-electron chi connectivity index (χ3n) is 15.4. The van der Waals surface area contributed by atoms with Gasteiger partial charge in [-0.15, -0.1) is 0 Å². The molecule has 0 aliphatic heterocycles. The smallest absolute Gasteiger partial charge is 0.101 e. The van der Waals surface area contributed by atoms with Gasteiger partial charge in [-0.3, -0.25) is 0 Å². The van der Waals surface area contributed by atoms with E-state index >= 15 is 0 Å². The average Bonchev–Trinajstić information content (AvgIpc) is 1.58. The van der Waals surface area contributed by atoms with Gasteiger partial charge in [0, 0.05) is 32.7 Å². The lowest BCUT2D eigenvalue weighted by Gasteiger charge is -2.19. The average molecular weight is 1090 g/mol. The number of nitrogens with zero attached hydrogens (tertiary/aromatic N) is 12. The second kappa shape index (κ2) is 21.1. The number of fused-ring (bicyclic) bond motifs is 6. The summed E-state index contributed by atoms with van der Waals surface area (Å²) in [7, 11) is 0. The van der Waals surface area contributed by atoms with Gasteiger partial charge in [-0.25, -0.2) is 4.98 Å². The van der Waals surface area contributed by atoms with E-state index in [2.05, 4.69) is 59.2 Å². The highest BCUT2D eigenvalue weighted by atomic mass is 15.0. The zero-order valence-electron chi connectivity index (χ0n) is 45.0. The summed E-state index contributed by atoms with van der Waals surface area (Å²) in [6.07, 6.45) is 0. The van der Waals surface area contributed by atoms with Gasteiger partial charge in [0.05, 0.1) is 143 Å². The van der Waals surface area contributed by atoms with E-state index < -0.39 is 0 Å². The first-order chi connectivity index (χ1) is 42.1. The van der Waals surface area contributed by atoms with Crippen molar-refractivity contribution in [3.05, 3.63) is 256 Å². The van der Waals surface area contributed by atoms with Crippen LogP contribution in [0.1, 0.15) is 50.1 Å². The fourth-order valence-electron chi connectivity index (χ4n) is 11.6. The van der Waals surface area contributed by atoms with Gasteiger partial charge in [-0.2, -0.15) is 47.4 Å². The van der Waals surface area contributed by atoms with Crippen molar-refractivity contribution in [3.8, 4) is 133 Å². The van der Waals surface area contributed by atoms with Crippen LogP contribution >= 0.6 is 0 Å². The predicted molar refractivity (Wildman–Crippen MR) is 328 cm³/mol. The van der Waals surface area contributed by atoms with Gasteiger partial charge in [-0.05, 0) is 166 Å². The van der Waals surface area contributed by atoms with E-state index in [0.717, 1.165) is 27.1 Å². The Labute approximate surface area is 491 Å². The van der Waals surface area contributed by atoms with E-state index in [-0.39, 0.29) is 5.56 Å². The number of hydrogen-bond acceptors (Lipinski definition) is 10. The molecule has 0 aliphatic rings. The van der Waals surface area contributed by atoms with Gasteiger partial charge < -0.3 is 9.13 Å². The number of nitriles is 9. The van der Waals surface area contributed by atoms with Crippen LogP contribution in [0.15, 0.2) is 206 Å². The second-order valence-corrected chi connectivity index (χ2v) is 20.5. The van der Waals surface area contributed by atoms with Gasteiger partial charge in [0.1, 0.15) is 6.07 Å². The Hall–Kier alpha value is -13.6. The Morgan fingerprint density at radius 2 is 0.570 bits per heavy atom. The molecule has 0 saturated carbocycles. The molecule has 10 aromatic carbocycles. The molecule has 390 valence electrons. The van der Waals surface area contributed by atoms with Crippen LogP contribution in [0.2, 0.25) is 0 Å². The largest absolute Gasteiger partial charge is 0.308 e. The zero-order valence-corrected chi connectivity index (χ0v) is 45.0. The predicted octanol–water partition coefficient (Wildman–Crippen LogP) is 16.1. The molecule has 0 bridgehead atoms. The molecule has 3 heterocycles. The fraction of sp³-hybridized carbons (Fsp3) is 0. The van der Waals surface area contributed by atoms with Crippen molar-refractivity contribution in [1.82, 2.24) is 14.1 Å². The standard InChI is InChI=1S/C74H34N12/c75-35-44-17-45(36-76)22-57(21-44)53-9-13-62-63-14-10-54(58-23-46(37-77)18-47(24-58)38-78)30-71(63)85(70(62)29-53)69-34-66(68-8-4-7-67(84-68)52-5-2-1-3-6-52)74(33-61(69)43-83)86-72-31-55(59-25-48(39-79)19-49(26-59)40-80)11-15-64(72)65-16-12-56(32-73(65)86)60-27-50(41-81)20-51(28-60)42-82/h1-34H. The molecule has 0 radical (unpaired) electrons. The van der Waals surface area contributed by atoms with Gasteiger partial charge >= 0.3 is 0 Å². The maximum absolute atomic E-state index is 11.8. The third kappa shape index (κ3) is 8.96. The van der Waals surface area contributed by atoms with Crippen LogP contribution in [-0.2, 0) is 0 Å². The highest BCUT2D eigenvalue weighted by Gasteiger charge is 2.25. The second-order valence-electron chi connectivity index (χ2n) is 20.5. The maximum atomic E-state index is 11.8. The van der Waals surface area contributed by atoms with Crippen LogP contribution in [-0.4, -0.2) is 14.1 Å². The van der Waals surface area contributed by atoms with Crippen molar-refractivity contribution in [2.75, 3.05) is 0 Å². The Bertz CT molecular complexity index is 5150. The highest BCUT2D eigenvalue weighted by molar-refractivity contribution is 6.13. The summed E-state index contributed by atoms with van der Waals surface area (Å²) >= 11 is 0. The Morgan fingerprint density at radius 3 is 0.895 bits per heavy atom. The number of pyridine rings is 1. The van der Waals surface area contributed by atoms with Crippen LogP contribution in [0, 0.1) is 102 Å². The summed E-state index contributed by atoms with van der Waals surface area (Å²) in [6.45, 7) is 0. The molecule has 0 unspecified atom stereocenters. The van der Waals surface area contributed by atoms with Crippen LogP contribution < -0.4 is 0 Å². The summed E-state index contributed by atoms with van der Waals surface area (Å²) in [4.78, 5) is 5.39. The van der Waals surface area contributed by atoms with Crippen molar-refractivity contribution in [3.63, 3.8) is 0 Å². The van der Waals surface area contributed by atoms with E-state index in [1.54, 1.807) is 60.7 Å². The molecule has 12 heteroatoms. The maximum Gasteiger partial charge on any atom is 0.101 e. The Balaban J connectivity index is 1.17. The topological polar surface area (TPSA) is 237 Å². The highest BCUT2D eigenvalue weighted by Crippen LogP contribution is 2.44.